The van der Waals surface area contributed by atoms with Gasteiger partial charge in [-0.1, -0.05) is 6.92 Å². The van der Waals surface area contributed by atoms with Crippen molar-refractivity contribution in [3.8, 4) is 0 Å². The fourth-order valence-corrected chi connectivity index (χ4v) is 2.49. The van der Waals surface area contributed by atoms with Crippen LogP contribution in [0.1, 0.15) is 13.3 Å². The van der Waals surface area contributed by atoms with Crippen LogP contribution in [0.3, 0.4) is 0 Å². The molecule has 1 aromatic rings. The average Bonchev–Trinajstić information content (AvgIpc) is 2.29. The fraction of sp³-hybridized carbons (Fsp3) is 0.300. The highest BCUT2D eigenvalue weighted by molar-refractivity contribution is 7.89. The maximum Gasteiger partial charge on any atom is 0.321 e. The molecule has 5 nitrogen and oxygen atoms in total. The zero-order valence-corrected chi connectivity index (χ0v) is 10.2. The van der Waals surface area contributed by atoms with Gasteiger partial charge in [0.1, 0.15) is 6.04 Å². The minimum atomic E-state index is -4.19. The van der Waals surface area contributed by atoms with Crippen molar-refractivity contribution in [3.05, 3.63) is 29.8 Å². The van der Waals surface area contributed by atoms with Crippen molar-refractivity contribution in [3.63, 3.8) is 0 Å². The number of hydrogen-bond donors (Lipinski definition) is 2. The van der Waals surface area contributed by atoms with Crippen molar-refractivity contribution in [1.29, 1.82) is 0 Å². The van der Waals surface area contributed by atoms with Crippen molar-refractivity contribution < 1.29 is 27.1 Å². The van der Waals surface area contributed by atoms with Crippen LogP contribution >= 0.6 is 0 Å². The Morgan fingerprint density at radius 2 is 2.00 bits per heavy atom. The molecular weight excluding hydrogens is 268 g/mol. The first-order valence-corrected chi connectivity index (χ1v) is 6.46. The van der Waals surface area contributed by atoms with Gasteiger partial charge in [-0.3, -0.25) is 4.79 Å². The predicted molar refractivity (Wildman–Crippen MR) is 58.4 cm³/mol. The van der Waals surface area contributed by atoms with E-state index in [4.69, 9.17) is 5.11 Å². The third kappa shape index (κ3) is 3.23. The van der Waals surface area contributed by atoms with Gasteiger partial charge in [0.25, 0.3) is 0 Å². The number of aliphatic carboxylic acids is 1. The third-order valence-corrected chi connectivity index (χ3v) is 3.67. The monoisotopic (exact) mass is 279 g/mol. The minimum Gasteiger partial charge on any atom is -0.480 e. The Hall–Kier alpha value is -1.54. The maximum atomic E-state index is 12.9. The molecule has 0 aromatic heterocycles. The molecule has 0 aliphatic heterocycles. The van der Waals surface area contributed by atoms with E-state index < -0.39 is 38.6 Å². The largest absolute Gasteiger partial charge is 0.480 e. The normalized spacial score (nSPS) is 13.3. The number of carboxylic acids is 1. The molecule has 2 N–H and O–H groups in total. The first-order valence-electron chi connectivity index (χ1n) is 4.98. The molecule has 0 radical (unpaired) electrons. The molecule has 0 saturated carbocycles. The zero-order chi connectivity index (χ0) is 13.9. The van der Waals surface area contributed by atoms with Gasteiger partial charge in [0, 0.05) is 0 Å². The molecule has 8 heteroatoms. The molecule has 1 rings (SSSR count). The molecule has 18 heavy (non-hydrogen) atoms. The number of sulfonamides is 1. The lowest BCUT2D eigenvalue weighted by Crippen LogP contribution is -2.40. The Morgan fingerprint density at radius 3 is 2.44 bits per heavy atom. The van der Waals surface area contributed by atoms with Gasteiger partial charge in [0.05, 0.1) is 4.90 Å². The maximum absolute atomic E-state index is 12.9. The summed E-state index contributed by atoms with van der Waals surface area (Å²) in [5.41, 5.74) is 0. The Labute approximate surface area is 102 Å². The topological polar surface area (TPSA) is 83.5 Å². The lowest BCUT2D eigenvalue weighted by molar-refractivity contribution is -0.139. The summed E-state index contributed by atoms with van der Waals surface area (Å²) < 4.78 is 50.9. The van der Waals surface area contributed by atoms with Gasteiger partial charge >= 0.3 is 5.97 Å². The highest BCUT2D eigenvalue weighted by Crippen LogP contribution is 2.14. The van der Waals surface area contributed by atoms with Crippen LogP contribution in [0.2, 0.25) is 0 Å². The summed E-state index contributed by atoms with van der Waals surface area (Å²) >= 11 is 0. The molecule has 1 unspecified atom stereocenters. The van der Waals surface area contributed by atoms with E-state index in [2.05, 4.69) is 0 Å². The number of nitrogens with one attached hydrogen (secondary N) is 1. The van der Waals surface area contributed by atoms with Crippen LogP contribution in [0.25, 0.3) is 0 Å². The van der Waals surface area contributed by atoms with Crippen LogP contribution in [-0.4, -0.2) is 25.5 Å². The number of benzene rings is 1. The van der Waals surface area contributed by atoms with Gasteiger partial charge in [0.2, 0.25) is 10.0 Å². The first kappa shape index (κ1) is 14.5. The molecule has 1 atom stereocenters. The van der Waals surface area contributed by atoms with E-state index in [0.29, 0.717) is 12.1 Å². The molecule has 0 spiro atoms. The molecule has 1 aromatic carbocycles. The second-order valence-electron chi connectivity index (χ2n) is 3.50. The predicted octanol–water partition coefficient (Wildman–Crippen LogP) is 1.11. The average molecular weight is 279 g/mol. The molecule has 0 aliphatic carbocycles. The van der Waals surface area contributed by atoms with Crippen molar-refractivity contribution in [2.45, 2.75) is 24.3 Å². The molecule has 0 heterocycles. The standard InChI is InChI=1S/C10H11F2NO4S/c1-2-9(10(14)15)13-18(16,17)6-3-4-7(11)8(12)5-6/h3-5,9,13H,2H2,1H3,(H,14,15). The highest BCUT2D eigenvalue weighted by atomic mass is 32.2. The van der Waals surface area contributed by atoms with Gasteiger partial charge in [-0.25, -0.2) is 17.2 Å². The van der Waals surface area contributed by atoms with Crippen LogP contribution in [0.15, 0.2) is 23.1 Å². The summed E-state index contributed by atoms with van der Waals surface area (Å²) in [6.07, 6.45) is 0.0260. The second-order valence-corrected chi connectivity index (χ2v) is 5.21. The third-order valence-electron chi connectivity index (χ3n) is 2.21. The van der Waals surface area contributed by atoms with E-state index >= 15 is 0 Å². The van der Waals surface area contributed by atoms with E-state index in [-0.39, 0.29) is 6.42 Å². The Bertz CT molecular complexity index is 559. The first-order chi connectivity index (χ1) is 8.27. The van der Waals surface area contributed by atoms with Gasteiger partial charge in [0.15, 0.2) is 11.6 Å². The van der Waals surface area contributed by atoms with Gasteiger partial charge in [-0.2, -0.15) is 4.72 Å². The molecule has 0 aliphatic rings. The Balaban J connectivity index is 3.06. The van der Waals surface area contributed by atoms with Crippen molar-refractivity contribution in [2.24, 2.45) is 0 Å². The van der Waals surface area contributed by atoms with E-state index in [9.17, 15) is 22.0 Å². The number of carboxylic acid groups (broad SMARTS) is 1. The quantitative estimate of drug-likeness (QED) is 0.845. The van der Waals surface area contributed by atoms with Crippen LogP contribution in [0, 0.1) is 11.6 Å². The number of halogens is 2. The SMILES string of the molecule is CCC(NS(=O)(=O)c1ccc(F)c(F)c1)C(=O)O. The summed E-state index contributed by atoms with van der Waals surface area (Å²) in [7, 11) is -4.19. The molecule has 0 amide bonds. The molecule has 0 fully saturated rings. The summed E-state index contributed by atoms with van der Waals surface area (Å²) in [6, 6.07) is 0.691. The van der Waals surface area contributed by atoms with E-state index in [1.165, 1.54) is 6.92 Å². The molecule has 0 saturated heterocycles. The second kappa shape index (κ2) is 5.40. The Morgan fingerprint density at radius 1 is 1.39 bits per heavy atom. The van der Waals surface area contributed by atoms with Gasteiger partial charge in [-0.15, -0.1) is 0 Å². The number of rotatable bonds is 5. The van der Waals surface area contributed by atoms with Crippen molar-refractivity contribution in [2.75, 3.05) is 0 Å². The van der Waals surface area contributed by atoms with E-state index in [1.54, 1.807) is 0 Å². The lowest BCUT2D eigenvalue weighted by atomic mass is 10.2. The number of hydrogen-bond acceptors (Lipinski definition) is 3. The Kier molecular flexibility index (Phi) is 4.36. The van der Waals surface area contributed by atoms with Gasteiger partial charge < -0.3 is 5.11 Å². The molecular formula is C10H11F2NO4S. The zero-order valence-electron chi connectivity index (χ0n) is 9.35. The summed E-state index contributed by atoms with van der Waals surface area (Å²) in [5, 5.41) is 8.72. The van der Waals surface area contributed by atoms with Crippen LogP contribution in [-0.2, 0) is 14.8 Å². The van der Waals surface area contributed by atoms with Gasteiger partial charge in [-0.05, 0) is 24.6 Å². The van der Waals surface area contributed by atoms with E-state index in [1.807, 2.05) is 4.72 Å². The summed E-state index contributed by atoms with van der Waals surface area (Å²) in [5.74, 6) is -3.84. The summed E-state index contributed by atoms with van der Waals surface area (Å²) in [4.78, 5) is 10.2. The van der Waals surface area contributed by atoms with Crippen molar-refractivity contribution >= 4 is 16.0 Å². The van der Waals surface area contributed by atoms with Crippen LogP contribution in [0.5, 0.6) is 0 Å². The minimum absolute atomic E-state index is 0.0260. The van der Waals surface area contributed by atoms with Crippen LogP contribution < -0.4 is 4.72 Å². The smallest absolute Gasteiger partial charge is 0.321 e. The van der Waals surface area contributed by atoms with Crippen molar-refractivity contribution in [1.82, 2.24) is 4.72 Å². The lowest BCUT2D eigenvalue weighted by Gasteiger charge is -2.12. The molecule has 100 valence electrons. The van der Waals surface area contributed by atoms with E-state index in [0.717, 1.165) is 6.07 Å². The summed E-state index contributed by atoms with van der Waals surface area (Å²) in [6.45, 7) is 1.48. The highest BCUT2D eigenvalue weighted by Gasteiger charge is 2.24. The molecule has 0 bridgehead atoms. The fourth-order valence-electron chi connectivity index (χ4n) is 1.21. The number of carbonyl (C=O) groups is 1. The van der Waals surface area contributed by atoms with Crippen LogP contribution in [0.4, 0.5) is 8.78 Å².